The largest absolute Gasteiger partial charge is 0.504 e. The van der Waals surface area contributed by atoms with Gasteiger partial charge in [0, 0.05) is 13.2 Å². The van der Waals surface area contributed by atoms with Crippen molar-refractivity contribution in [1.29, 1.82) is 0 Å². The van der Waals surface area contributed by atoms with Crippen LogP contribution in [-0.2, 0) is 12.8 Å². The van der Waals surface area contributed by atoms with E-state index in [9.17, 15) is 35.7 Å². The fraction of sp³-hybridized carbons (Fsp3) is 0.379. The van der Waals surface area contributed by atoms with Gasteiger partial charge in [0.1, 0.15) is 6.10 Å². The first-order chi connectivity index (χ1) is 18.7. The van der Waals surface area contributed by atoms with E-state index in [0.717, 1.165) is 11.1 Å². The zero-order chi connectivity index (χ0) is 28.5. The molecule has 0 bridgehead atoms. The van der Waals surface area contributed by atoms with Crippen LogP contribution in [0.15, 0.2) is 54.6 Å². The lowest BCUT2D eigenvalue weighted by Crippen LogP contribution is -2.29. The second-order valence-corrected chi connectivity index (χ2v) is 9.32. The zero-order valence-electron chi connectivity index (χ0n) is 21.9. The standard InChI is InChI=1S/C29H36O10/c1-37-26-11-17(3-6-23(26)34)9-20(14-30)21(15-31)10-18-4-8-25(27(12-18)38-2)39-28(16-32)29(36)19-5-7-22(33)24(35)13-19/h3-8,11-13,20-21,28-36H,9-10,14-16H2,1-2H3. The SMILES string of the molecule is COc1cc(CC(CO)C(CO)Cc2ccc(OC(CO)C(O)c3ccc(O)c(O)c3)c(OC)c2)ccc1O. The molecule has 0 radical (unpaired) electrons. The van der Waals surface area contributed by atoms with Crippen LogP contribution >= 0.6 is 0 Å². The Bertz CT molecular complexity index is 1210. The van der Waals surface area contributed by atoms with Crippen molar-refractivity contribution in [2.24, 2.45) is 11.8 Å². The molecule has 0 saturated heterocycles. The molecule has 10 nitrogen and oxygen atoms in total. The summed E-state index contributed by atoms with van der Waals surface area (Å²) in [5, 5.41) is 69.9. The van der Waals surface area contributed by atoms with Crippen molar-refractivity contribution in [3.05, 3.63) is 71.3 Å². The van der Waals surface area contributed by atoms with Gasteiger partial charge in [-0.05, 0) is 77.8 Å². The third-order valence-electron chi connectivity index (χ3n) is 6.76. The van der Waals surface area contributed by atoms with E-state index >= 15 is 0 Å². The molecule has 0 aliphatic rings. The number of phenolic OH excluding ortho intramolecular Hbond substituents is 3. The molecule has 0 aliphatic heterocycles. The van der Waals surface area contributed by atoms with Crippen LogP contribution in [0.25, 0.3) is 0 Å². The number of hydrogen-bond acceptors (Lipinski definition) is 10. The highest BCUT2D eigenvalue weighted by Gasteiger charge is 2.26. The number of aromatic hydroxyl groups is 3. The van der Waals surface area contributed by atoms with Crippen LogP contribution in [0.5, 0.6) is 34.5 Å². The molecule has 212 valence electrons. The van der Waals surface area contributed by atoms with E-state index in [1.165, 1.54) is 38.5 Å². The van der Waals surface area contributed by atoms with Gasteiger partial charge in [0.05, 0.1) is 20.8 Å². The van der Waals surface area contributed by atoms with Gasteiger partial charge in [-0.3, -0.25) is 0 Å². The van der Waals surface area contributed by atoms with Gasteiger partial charge in [-0.1, -0.05) is 18.2 Å². The molecule has 0 aromatic heterocycles. The van der Waals surface area contributed by atoms with Crippen LogP contribution in [0.4, 0.5) is 0 Å². The summed E-state index contributed by atoms with van der Waals surface area (Å²) >= 11 is 0. The molecule has 0 amide bonds. The Morgan fingerprint density at radius 1 is 0.615 bits per heavy atom. The average Bonchev–Trinajstić information content (AvgIpc) is 2.95. The lowest BCUT2D eigenvalue weighted by atomic mass is 9.83. The summed E-state index contributed by atoms with van der Waals surface area (Å²) in [4.78, 5) is 0. The summed E-state index contributed by atoms with van der Waals surface area (Å²) < 4.78 is 16.5. The van der Waals surface area contributed by atoms with Gasteiger partial charge in [0.15, 0.2) is 40.6 Å². The van der Waals surface area contributed by atoms with E-state index in [2.05, 4.69) is 0 Å². The number of methoxy groups -OCH3 is 2. The maximum absolute atomic E-state index is 10.7. The molecule has 0 saturated carbocycles. The van der Waals surface area contributed by atoms with Gasteiger partial charge in [0.25, 0.3) is 0 Å². The van der Waals surface area contributed by atoms with Gasteiger partial charge in [-0.2, -0.15) is 0 Å². The number of rotatable bonds is 14. The van der Waals surface area contributed by atoms with Crippen LogP contribution in [0.1, 0.15) is 22.8 Å². The topological polar surface area (TPSA) is 169 Å². The molecule has 0 aliphatic carbocycles. The first kappa shape index (κ1) is 29.9. The minimum atomic E-state index is -1.31. The van der Waals surface area contributed by atoms with Gasteiger partial charge in [-0.15, -0.1) is 0 Å². The number of phenols is 3. The van der Waals surface area contributed by atoms with Gasteiger partial charge >= 0.3 is 0 Å². The minimum Gasteiger partial charge on any atom is -0.504 e. The highest BCUT2D eigenvalue weighted by molar-refractivity contribution is 5.45. The highest BCUT2D eigenvalue weighted by atomic mass is 16.5. The molecule has 3 aromatic carbocycles. The Labute approximate surface area is 226 Å². The van der Waals surface area contributed by atoms with Crippen LogP contribution < -0.4 is 14.2 Å². The Morgan fingerprint density at radius 3 is 1.72 bits per heavy atom. The smallest absolute Gasteiger partial charge is 0.161 e. The molecule has 4 atom stereocenters. The van der Waals surface area contributed by atoms with Crippen LogP contribution in [0.2, 0.25) is 0 Å². The van der Waals surface area contributed by atoms with Crippen molar-refractivity contribution in [1.82, 2.24) is 0 Å². The van der Waals surface area contributed by atoms with Crippen molar-refractivity contribution in [2.45, 2.75) is 25.0 Å². The predicted octanol–water partition coefficient (Wildman–Crippen LogP) is 2.30. The number of hydrogen-bond donors (Lipinski definition) is 7. The summed E-state index contributed by atoms with van der Waals surface area (Å²) in [5.41, 5.74) is 1.90. The monoisotopic (exact) mass is 544 g/mol. The molecule has 7 N–H and O–H groups in total. The Kier molecular flexibility index (Phi) is 10.6. The Hall–Kier alpha value is -3.70. The lowest BCUT2D eigenvalue weighted by molar-refractivity contribution is -0.000533. The quantitative estimate of drug-likeness (QED) is 0.150. The van der Waals surface area contributed by atoms with Crippen LogP contribution in [0.3, 0.4) is 0 Å². The van der Waals surface area contributed by atoms with Crippen LogP contribution in [0, 0.1) is 11.8 Å². The molecule has 0 spiro atoms. The summed E-state index contributed by atoms with van der Waals surface area (Å²) in [6.07, 6.45) is -1.53. The summed E-state index contributed by atoms with van der Waals surface area (Å²) in [7, 11) is 2.91. The molecule has 10 heteroatoms. The molecule has 39 heavy (non-hydrogen) atoms. The number of benzene rings is 3. The summed E-state index contributed by atoms with van der Waals surface area (Å²) in [5.74, 6) is -0.357. The van der Waals surface area contributed by atoms with Gasteiger partial charge < -0.3 is 50.0 Å². The predicted molar refractivity (Wildman–Crippen MR) is 142 cm³/mol. The van der Waals surface area contributed by atoms with E-state index in [0.29, 0.717) is 24.3 Å². The number of ether oxygens (including phenoxy) is 3. The Morgan fingerprint density at radius 2 is 1.18 bits per heavy atom. The summed E-state index contributed by atoms with van der Waals surface area (Å²) in [6.45, 7) is -0.866. The van der Waals surface area contributed by atoms with E-state index in [1.807, 2.05) is 0 Å². The van der Waals surface area contributed by atoms with Crippen molar-refractivity contribution in [3.8, 4) is 34.5 Å². The molecular weight excluding hydrogens is 508 g/mol. The maximum Gasteiger partial charge on any atom is 0.161 e. The van der Waals surface area contributed by atoms with Gasteiger partial charge in [0.2, 0.25) is 0 Å². The molecule has 3 aromatic rings. The lowest BCUT2D eigenvalue weighted by Gasteiger charge is -2.26. The fourth-order valence-electron chi connectivity index (χ4n) is 4.46. The third-order valence-corrected chi connectivity index (χ3v) is 6.76. The summed E-state index contributed by atoms with van der Waals surface area (Å²) in [6, 6.07) is 13.9. The first-order valence-electron chi connectivity index (χ1n) is 12.5. The second kappa shape index (κ2) is 13.9. The molecule has 0 heterocycles. The molecule has 0 fully saturated rings. The van der Waals surface area contributed by atoms with Gasteiger partial charge in [-0.25, -0.2) is 0 Å². The zero-order valence-corrected chi connectivity index (χ0v) is 21.9. The van der Waals surface area contributed by atoms with Crippen molar-refractivity contribution < 1.29 is 50.0 Å². The van der Waals surface area contributed by atoms with Crippen molar-refractivity contribution >= 4 is 0 Å². The maximum atomic E-state index is 10.7. The van der Waals surface area contributed by atoms with Crippen LogP contribution in [-0.4, -0.2) is 75.9 Å². The van der Waals surface area contributed by atoms with Crippen molar-refractivity contribution in [2.75, 3.05) is 34.0 Å². The number of aliphatic hydroxyl groups excluding tert-OH is 4. The van der Waals surface area contributed by atoms with E-state index in [4.69, 9.17) is 14.2 Å². The van der Waals surface area contributed by atoms with E-state index < -0.39 is 24.6 Å². The number of aliphatic hydroxyl groups is 4. The average molecular weight is 545 g/mol. The van der Waals surface area contributed by atoms with Crippen molar-refractivity contribution in [3.63, 3.8) is 0 Å². The second-order valence-electron chi connectivity index (χ2n) is 9.32. The molecule has 3 rings (SSSR count). The van der Waals surface area contributed by atoms with E-state index in [-0.39, 0.29) is 47.9 Å². The fourth-order valence-corrected chi connectivity index (χ4v) is 4.46. The molecule has 4 unspecified atom stereocenters. The third kappa shape index (κ3) is 7.45. The first-order valence-corrected chi connectivity index (χ1v) is 12.5. The Balaban J connectivity index is 1.75. The highest BCUT2D eigenvalue weighted by Crippen LogP contribution is 2.35. The molecular formula is C29H36O10. The normalized spacial score (nSPS) is 14.3. The minimum absolute atomic E-state index is 0.0204. The van der Waals surface area contributed by atoms with E-state index in [1.54, 1.807) is 30.3 Å².